The number of unbranched alkanes of at least 4 members (excludes halogenated alkanes) is 2. The molecule has 0 spiro atoms. The van der Waals surface area contributed by atoms with Gasteiger partial charge in [0.15, 0.2) is 0 Å². The summed E-state index contributed by atoms with van der Waals surface area (Å²) < 4.78 is 0. The largest absolute Gasteiger partial charge is 0.507 e. The predicted octanol–water partition coefficient (Wildman–Crippen LogP) is 5.95. The molecular weight excluding hydrogens is 374 g/mol. The Morgan fingerprint density at radius 3 is 2.37 bits per heavy atom. The Morgan fingerprint density at radius 1 is 1.10 bits per heavy atom. The number of nitrogens with zero attached hydrogens (tertiary/aromatic N) is 1. The number of phenols is 2. The average molecular weight is 410 g/mol. The van der Waals surface area contributed by atoms with Crippen molar-refractivity contribution >= 4 is 5.91 Å². The zero-order chi connectivity index (χ0) is 22.1. The van der Waals surface area contributed by atoms with Crippen molar-refractivity contribution in [2.75, 3.05) is 13.1 Å². The van der Waals surface area contributed by atoms with Crippen LogP contribution in [0.15, 0.2) is 24.3 Å². The van der Waals surface area contributed by atoms with Gasteiger partial charge in [-0.05, 0) is 54.4 Å². The number of benzene rings is 2. The van der Waals surface area contributed by atoms with Gasteiger partial charge in [0, 0.05) is 13.1 Å². The minimum absolute atomic E-state index is 0.0373. The Hall–Kier alpha value is -2.49. The summed E-state index contributed by atoms with van der Waals surface area (Å²) in [5.41, 5.74) is 4.15. The lowest BCUT2D eigenvalue weighted by Crippen LogP contribution is -2.42. The standard InChI is InChI=1S/C26H35NO3/c1-6-7-8-10-18-16-21(28)23(24(29)22(18)25(30)27-13-9-14-27)19-15-17(2)11-12-20(19)26(3,4)5/h11-12,15-16,28-29H,6-10,13-14H2,1-5H3. The first-order valence-corrected chi connectivity index (χ1v) is 11.1. The van der Waals surface area contributed by atoms with Gasteiger partial charge in [-0.2, -0.15) is 0 Å². The highest BCUT2D eigenvalue weighted by Crippen LogP contribution is 2.46. The normalized spacial score (nSPS) is 14.0. The molecule has 0 aliphatic carbocycles. The molecule has 0 aromatic heterocycles. The zero-order valence-electron chi connectivity index (χ0n) is 19.0. The van der Waals surface area contributed by atoms with Gasteiger partial charge in [0.2, 0.25) is 0 Å². The molecule has 162 valence electrons. The number of hydrogen-bond donors (Lipinski definition) is 2. The van der Waals surface area contributed by atoms with E-state index in [9.17, 15) is 15.0 Å². The fourth-order valence-corrected chi connectivity index (χ4v) is 4.17. The second-order valence-electron chi connectivity index (χ2n) is 9.56. The van der Waals surface area contributed by atoms with E-state index in [1.807, 2.05) is 19.1 Å². The molecule has 2 aromatic rings. The van der Waals surface area contributed by atoms with E-state index in [2.05, 4.69) is 33.8 Å². The van der Waals surface area contributed by atoms with E-state index < -0.39 is 0 Å². The van der Waals surface area contributed by atoms with Gasteiger partial charge in [0.1, 0.15) is 11.5 Å². The Bertz CT molecular complexity index is 936. The molecule has 1 aliphatic rings. The van der Waals surface area contributed by atoms with Crippen LogP contribution in [-0.4, -0.2) is 34.1 Å². The number of amides is 1. The molecule has 0 saturated carbocycles. The molecule has 0 radical (unpaired) electrons. The lowest BCUT2D eigenvalue weighted by atomic mass is 9.80. The van der Waals surface area contributed by atoms with Crippen LogP contribution < -0.4 is 0 Å². The van der Waals surface area contributed by atoms with Crippen molar-refractivity contribution in [2.45, 2.75) is 72.1 Å². The smallest absolute Gasteiger partial charge is 0.257 e. The molecule has 1 heterocycles. The number of hydrogen-bond acceptors (Lipinski definition) is 3. The van der Waals surface area contributed by atoms with Crippen LogP contribution in [0.25, 0.3) is 11.1 Å². The van der Waals surface area contributed by atoms with Crippen molar-refractivity contribution in [2.24, 2.45) is 0 Å². The average Bonchev–Trinajstić information content (AvgIpc) is 2.59. The van der Waals surface area contributed by atoms with Crippen molar-refractivity contribution in [3.63, 3.8) is 0 Å². The summed E-state index contributed by atoms with van der Waals surface area (Å²) in [6.45, 7) is 11.9. The minimum Gasteiger partial charge on any atom is -0.507 e. The first kappa shape index (κ1) is 22.2. The SMILES string of the molecule is CCCCCc1cc(O)c(-c2cc(C)ccc2C(C)(C)C)c(O)c1C(=O)N1CCC1. The van der Waals surface area contributed by atoms with Crippen LogP contribution in [0.5, 0.6) is 11.5 Å². The Morgan fingerprint density at radius 2 is 1.80 bits per heavy atom. The first-order chi connectivity index (χ1) is 14.1. The lowest BCUT2D eigenvalue weighted by molar-refractivity contribution is 0.0647. The number of aromatic hydroxyl groups is 2. The van der Waals surface area contributed by atoms with Crippen molar-refractivity contribution < 1.29 is 15.0 Å². The van der Waals surface area contributed by atoms with E-state index in [1.54, 1.807) is 11.0 Å². The second kappa shape index (κ2) is 8.71. The molecule has 1 fully saturated rings. The summed E-state index contributed by atoms with van der Waals surface area (Å²) in [5.74, 6) is -0.179. The fourth-order valence-electron chi connectivity index (χ4n) is 4.17. The van der Waals surface area contributed by atoms with Gasteiger partial charge in [-0.15, -0.1) is 0 Å². The van der Waals surface area contributed by atoms with Crippen molar-refractivity contribution in [1.29, 1.82) is 0 Å². The van der Waals surface area contributed by atoms with Gasteiger partial charge in [0.05, 0.1) is 11.1 Å². The van der Waals surface area contributed by atoms with E-state index in [4.69, 9.17) is 0 Å². The van der Waals surface area contributed by atoms with E-state index in [-0.39, 0.29) is 22.8 Å². The minimum atomic E-state index is -0.177. The summed E-state index contributed by atoms with van der Waals surface area (Å²) >= 11 is 0. The van der Waals surface area contributed by atoms with Crippen LogP contribution in [0.1, 0.15) is 80.4 Å². The molecule has 1 aliphatic heterocycles. The second-order valence-corrected chi connectivity index (χ2v) is 9.56. The van der Waals surface area contributed by atoms with Crippen LogP contribution in [-0.2, 0) is 11.8 Å². The van der Waals surface area contributed by atoms with E-state index in [0.717, 1.165) is 61.0 Å². The van der Waals surface area contributed by atoms with E-state index in [1.165, 1.54) is 0 Å². The Kier molecular flexibility index (Phi) is 6.44. The third kappa shape index (κ3) is 4.33. The van der Waals surface area contributed by atoms with Gasteiger partial charge in [-0.1, -0.05) is 64.3 Å². The molecule has 30 heavy (non-hydrogen) atoms. The van der Waals surface area contributed by atoms with Gasteiger partial charge < -0.3 is 15.1 Å². The third-order valence-corrected chi connectivity index (χ3v) is 6.02. The van der Waals surface area contributed by atoms with E-state index in [0.29, 0.717) is 17.5 Å². The Labute approximate surface area is 180 Å². The summed E-state index contributed by atoms with van der Waals surface area (Å²) in [4.78, 5) is 15.0. The first-order valence-electron chi connectivity index (χ1n) is 11.1. The van der Waals surface area contributed by atoms with Gasteiger partial charge in [-0.3, -0.25) is 4.79 Å². The monoisotopic (exact) mass is 409 g/mol. The van der Waals surface area contributed by atoms with Gasteiger partial charge in [-0.25, -0.2) is 0 Å². The molecule has 2 aromatic carbocycles. The van der Waals surface area contributed by atoms with Crippen LogP contribution >= 0.6 is 0 Å². The molecule has 1 amide bonds. The van der Waals surface area contributed by atoms with Gasteiger partial charge in [0.25, 0.3) is 5.91 Å². The number of phenolic OH excluding ortho intramolecular Hbond substituents is 2. The van der Waals surface area contributed by atoms with Crippen LogP contribution in [0.3, 0.4) is 0 Å². The molecule has 0 bridgehead atoms. The highest BCUT2D eigenvalue weighted by atomic mass is 16.3. The maximum atomic E-state index is 13.2. The Balaban J connectivity index is 2.22. The molecule has 3 rings (SSSR count). The molecule has 1 saturated heterocycles. The van der Waals surface area contributed by atoms with Crippen LogP contribution in [0.4, 0.5) is 0 Å². The summed E-state index contributed by atoms with van der Waals surface area (Å²) in [6.07, 6.45) is 4.71. The van der Waals surface area contributed by atoms with Gasteiger partial charge >= 0.3 is 0 Å². The zero-order valence-corrected chi connectivity index (χ0v) is 19.0. The number of carbonyl (C=O) groups excluding carboxylic acids is 1. The molecule has 4 heteroatoms. The molecule has 4 nitrogen and oxygen atoms in total. The summed E-state index contributed by atoms with van der Waals surface area (Å²) in [6, 6.07) is 7.79. The van der Waals surface area contributed by atoms with Crippen LogP contribution in [0.2, 0.25) is 0 Å². The van der Waals surface area contributed by atoms with Crippen molar-refractivity contribution in [3.8, 4) is 22.6 Å². The molecular formula is C26H35NO3. The van der Waals surface area contributed by atoms with Crippen molar-refractivity contribution in [3.05, 3.63) is 46.5 Å². The third-order valence-electron chi connectivity index (χ3n) is 6.02. The maximum absolute atomic E-state index is 13.2. The van der Waals surface area contributed by atoms with Crippen molar-refractivity contribution in [1.82, 2.24) is 4.90 Å². The van der Waals surface area contributed by atoms with Crippen LogP contribution in [0, 0.1) is 6.92 Å². The lowest BCUT2D eigenvalue weighted by Gasteiger charge is -2.32. The summed E-state index contributed by atoms with van der Waals surface area (Å²) in [7, 11) is 0. The molecule has 0 atom stereocenters. The number of carbonyl (C=O) groups is 1. The highest BCUT2D eigenvalue weighted by Gasteiger charge is 2.31. The number of likely N-dealkylation sites (tertiary alicyclic amines) is 1. The number of rotatable bonds is 6. The predicted molar refractivity (Wildman–Crippen MR) is 122 cm³/mol. The maximum Gasteiger partial charge on any atom is 0.257 e. The van der Waals surface area contributed by atoms with E-state index >= 15 is 0 Å². The number of aryl methyl sites for hydroxylation is 2. The highest BCUT2D eigenvalue weighted by molar-refractivity contribution is 6.02. The molecule has 0 unspecified atom stereocenters. The fraction of sp³-hybridized carbons (Fsp3) is 0.500. The summed E-state index contributed by atoms with van der Waals surface area (Å²) in [5, 5.41) is 22.4. The molecule has 2 N–H and O–H groups in total. The topological polar surface area (TPSA) is 60.8 Å². The quantitative estimate of drug-likeness (QED) is 0.580.